The van der Waals surface area contributed by atoms with Gasteiger partial charge in [0.15, 0.2) is 11.0 Å². The van der Waals surface area contributed by atoms with Crippen molar-refractivity contribution in [1.82, 2.24) is 19.7 Å². The molecule has 1 aromatic carbocycles. The Bertz CT molecular complexity index is 868. The van der Waals surface area contributed by atoms with Gasteiger partial charge in [0.05, 0.1) is 19.8 Å². The molecule has 0 atom stereocenters. The van der Waals surface area contributed by atoms with Crippen molar-refractivity contribution < 1.29 is 9.47 Å². The predicted octanol–water partition coefficient (Wildman–Crippen LogP) is 3.77. The van der Waals surface area contributed by atoms with E-state index in [9.17, 15) is 0 Å². The molecule has 0 unspecified atom stereocenters. The first-order valence-corrected chi connectivity index (χ1v) is 9.83. The third kappa shape index (κ3) is 5.08. The van der Waals surface area contributed by atoms with Gasteiger partial charge in [-0.1, -0.05) is 23.9 Å². The van der Waals surface area contributed by atoms with Crippen molar-refractivity contribution in [1.29, 1.82) is 0 Å². The molecular weight excluding hydrogens is 360 g/mol. The summed E-state index contributed by atoms with van der Waals surface area (Å²) in [5, 5.41) is 9.60. The second-order valence-corrected chi connectivity index (χ2v) is 7.21. The summed E-state index contributed by atoms with van der Waals surface area (Å²) in [7, 11) is 1.70. The maximum absolute atomic E-state index is 5.94. The van der Waals surface area contributed by atoms with Crippen molar-refractivity contribution in [2.75, 3.05) is 26.1 Å². The molecule has 0 bridgehead atoms. The molecule has 142 valence electrons. The number of rotatable bonds is 9. The SMILES string of the molecule is COCCn1c(SCCOc2cc(C)ccc2C)nnc1-c1ccncc1. The van der Waals surface area contributed by atoms with Crippen LogP contribution in [0.4, 0.5) is 0 Å². The lowest BCUT2D eigenvalue weighted by Gasteiger charge is -2.11. The highest BCUT2D eigenvalue weighted by Gasteiger charge is 2.14. The molecular formula is C20H24N4O2S. The first kappa shape index (κ1) is 19.4. The topological polar surface area (TPSA) is 62.1 Å². The van der Waals surface area contributed by atoms with Gasteiger partial charge in [0, 0.05) is 30.8 Å². The van der Waals surface area contributed by atoms with E-state index in [-0.39, 0.29) is 0 Å². The molecule has 0 aliphatic heterocycles. The Labute approximate surface area is 163 Å². The van der Waals surface area contributed by atoms with Crippen molar-refractivity contribution in [2.45, 2.75) is 25.5 Å². The number of hydrogen-bond acceptors (Lipinski definition) is 6. The summed E-state index contributed by atoms with van der Waals surface area (Å²) in [6, 6.07) is 10.1. The molecule has 7 heteroatoms. The maximum Gasteiger partial charge on any atom is 0.191 e. The van der Waals surface area contributed by atoms with Gasteiger partial charge < -0.3 is 9.47 Å². The van der Waals surface area contributed by atoms with Gasteiger partial charge in [0.2, 0.25) is 0 Å². The van der Waals surface area contributed by atoms with Crippen LogP contribution in [-0.4, -0.2) is 45.8 Å². The number of benzene rings is 1. The molecule has 0 spiro atoms. The fourth-order valence-electron chi connectivity index (χ4n) is 2.64. The largest absolute Gasteiger partial charge is 0.492 e. The van der Waals surface area contributed by atoms with Gasteiger partial charge in [-0.2, -0.15) is 0 Å². The van der Waals surface area contributed by atoms with Crippen molar-refractivity contribution in [3.05, 3.63) is 53.9 Å². The lowest BCUT2D eigenvalue weighted by Crippen LogP contribution is -2.09. The van der Waals surface area contributed by atoms with E-state index < -0.39 is 0 Å². The average molecular weight is 385 g/mol. The Morgan fingerprint density at radius 3 is 2.63 bits per heavy atom. The Kier molecular flexibility index (Phi) is 6.84. The molecule has 0 N–H and O–H groups in total. The molecule has 0 radical (unpaired) electrons. The smallest absolute Gasteiger partial charge is 0.191 e. The number of ether oxygens (including phenoxy) is 2. The fraction of sp³-hybridized carbons (Fsp3) is 0.350. The van der Waals surface area contributed by atoms with Gasteiger partial charge in [-0.05, 0) is 43.2 Å². The van der Waals surface area contributed by atoms with Crippen molar-refractivity contribution in [3.63, 3.8) is 0 Å². The van der Waals surface area contributed by atoms with Gasteiger partial charge >= 0.3 is 0 Å². The standard InChI is InChI=1S/C20H24N4O2S/c1-15-4-5-16(2)18(14-15)26-12-13-27-20-23-22-19(24(20)10-11-25-3)17-6-8-21-9-7-17/h4-9,14H,10-13H2,1-3H3. The zero-order valence-electron chi connectivity index (χ0n) is 15.9. The first-order chi connectivity index (χ1) is 13.2. The Hall–Kier alpha value is -2.38. The number of thioether (sulfide) groups is 1. The van der Waals surface area contributed by atoms with Crippen LogP contribution in [0, 0.1) is 13.8 Å². The molecule has 6 nitrogen and oxygen atoms in total. The van der Waals surface area contributed by atoms with Crippen molar-refractivity contribution in [2.24, 2.45) is 0 Å². The number of aromatic nitrogens is 4. The molecule has 0 aliphatic carbocycles. The van der Waals surface area contributed by atoms with Crippen LogP contribution in [0.5, 0.6) is 5.75 Å². The second kappa shape index (κ2) is 9.53. The summed E-state index contributed by atoms with van der Waals surface area (Å²) in [5.41, 5.74) is 3.34. The van der Waals surface area contributed by atoms with E-state index in [2.05, 4.69) is 51.8 Å². The second-order valence-electron chi connectivity index (χ2n) is 6.15. The predicted molar refractivity (Wildman–Crippen MR) is 107 cm³/mol. The number of methoxy groups -OCH3 is 1. The highest BCUT2D eigenvalue weighted by atomic mass is 32.2. The molecule has 27 heavy (non-hydrogen) atoms. The number of aryl methyl sites for hydroxylation is 2. The van der Waals surface area contributed by atoms with Crippen LogP contribution in [0.1, 0.15) is 11.1 Å². The van der Waals surface area contributed by atoms with Gasteiger partial charge in [0.25, 0.3) is 0 Å². The minimum Gasteiger partial charge on any atom is -0.492 e. The van der Waals surface area contributed by atoms with Crippen LogP contribution in [0.25, 0.3) is 11.4 Å². The Morgan fingerprint density at radius 1 is 1.04 bits per heavy atom. The van der Waals surface area contributed by atoms with Crippen LogP contribution < -0.4 is 4.74 Å². The van der Waals surface area contributed by atoms with Crippen LogP contribution >= 0.6 is 11.8 Å². The summed E-state index contributed by atoms with van der Waals surface area (Å²) in [6.45, 7) is 6.03. The third-order valence-corrected chi connectivity index (χ3v) is 5.02. The van der Waals surface area contributed by atoms with E-state index in [1.54, 1.807) is 31.3 Å². The molecule has 0 saturated carbocycles. The highest BCUT2D eigenvalue weighted by molar-refractivity contribution is 7.99. The monoisotopic (exact) mass is 384 g/mol. The normalized spacial score (nSPS) is 10.9. The number of pyridine rings is 1. The lowest BCUT2D eigenvalue weighted by molar-refractivity contribution is 0.185. The van der Waals surface area contributed by atoms with Gasteiger partial charge in [-0.3, -0.25) is 9.55 Å². The molecule has 0 saturated heterocycles. The minimum atomic E-state index is 0.600. The fourth-order valence-corrected chi connectivity index (χ4v) is 3.42. The van der Waals surface area contributed by atoms with E-state index >= 15 is 0 Å². The number of hydrogen-bond donors (Lipinski definition) is 0. The van der Waals surface area contributed by atoms with Crippen LogP contribution in [0.15, 0.2) is 47.9 Å². The van der Waals surface area contributed by atoms with E-state index in [0.717, 1.165) is 33.6 Å². The molecule has 0 aliphatic rings. The average Bonchev–Trinajstić information content (AvgIpc) is 3.09. The molecule has 2 aromatic heterocycles. The summed E-state index contributed by atoms with van der Waals surface area (Å²) in [5.74, 6) is 2.55. The summed E-state index contributed by atoms with van der Waals surface area (Å²) in [6.07, 6.45) is 3.52. The molecule has 0 fully saturated rings. The number of nitrogens with zero attached hydrogens (tertiary/aromatic N) is 4. The molecule has 2 heterocycles. The van der Waals surface area contributed by atoms with Crippen molar-refractivity contribution >= 4 is 11.8 Å². The minimum absolute atomic E-state index is 0.600. The summed E-state index contributed by atoms with van der Waals surface area (Å²) < 4.78 is 13.3. The Morgan fingerprint density at radius 2 is 1.85 bits per heavy atom. The third-order valence-electron chi connectivity index (χ3n) is 4.09. The molecule has 0 amide bonds. The van der Waals surface area contributed by atoms with Crippen molar-refractivity contribution in [3.8, 4) is 17.1 Å². The summed E-state index contributed by atoms with van der Waals surface area (Å²) in [4.78, 5) is 4.07. The van der Waals surface area contributed by atoms with Gasteiger partial charge in [-0.15, -0.1) is 10.2 Å². The quantitative estimate of drug-likeness (QED) is 0.413. The zero-order chi connectivity index (χ0) is 19.1. The molecule has 3 aromatic rings. The maximum atomic E-state index is 5.94. The van der Waals surface area contributed by atoms with E-state index in [4.69, 9.17) is 9.47 Å². The summed E-state index contributed by atoms with van der Waals surface area (Å²) >= 11 is 1.64. The van der Waals surface area contributed by atoms with Gasteiger partial charge in [-0.25, -0.2) is 0 Å². The lowest BCUT2D eigenvalue weighted by atomic mass is 10.1. The van der Waals surface area contributed by atoms with Crippen LogP contribution in [-0.2, 0) is 11.3 Å². The molecule has 3 rings (SSSR count). The van der Waals surface area contributed by atoms with Crippen LogP contribution in [0.3, 0.4) is 0 Å². The van der Waals surface area contributed by atoms with E-state index in [1.165, 1.54) is 5.56 Å². The zero-order valence-corrected chi connectivity index (χ0v) is 16.7. The first-order valence-electron chi connectivity index (χ1n) is 8.84. The van der Waals surface area contributed by atoms with E-state index in [1.807, 2.05) is 12.1 Å². The van der Waals surface area contributed by atoms with Crippen LogP contribution in [0.2, 0.25) is 0 Å². The van der Waals surface area contributed by atoms with E-state index in [0.29, 0.717) is 19.8 Å². The Balaban J connectivity index is 1.65. The van der Waals surface area contributed by atoms with Gasteiger partial charge in [0.1, 0.15) is 5.75 Å². The highest BCUT2D eigenvalue weighted by Crippen LogP contribution is 2.24.